The molecule has 0 fully saturated rings. The molecule has 0 radical (unpaired) electrons. The van der Waals surface area contributed by atoms with Crippen LogP contribution in [0, 0.1) is 0 Å². The number of rotatable bonds is 6. The molecule has 0 spiro atoms. The maximum atomic E-state index is 11.4. The first-order chi connectivity index (χ1) is 8.95. The third kappa shape index (κ3) is 4.09. The first-order valence-electron chi connectivity index (χ1n) is 5.70. The van der Waals surface area contributed by atoms with Crippen LogP contribution >= 0.6 is 0 Å². The van der Waals surface area contributed by atoms with Crippen molar-refractivity contribution in [2.75, 3.05) is 6.61 Å². The maximum absolute atomic E-state index is 11.4. The zero-order valence-electron chi connectivity index (χ0n) is 10.4. The van der Waals surface area contributed by atoms with Crippen molar-refractivity contribution in [2.45, 2.75) is 19.8 Å². The minimum absolute atomic E-state index is 0.136. The number of hydrogen-bond acceptors (Lipinski definition) is 4. The first kappa shape index (κ1) is 14.7. The predicted octanol–water partition coefficient (Wildman–Crippen LogP) is 1.58. The Morgan fingerprint density at radius 1 is 1.16 bits per heavy atom. The van der Waals surface area contributed by atoms with Gasteiger partial charge in [0, 0.05) is 0 Å². The monoisotopic (exact) mass is 266 g/mol. The van der Waals surface area contributed by atoms with Crippen LogP contribution in [0.1, 0.15) is 39.6 Å². The molecule has 0 aliphatic carbocycles. The summed E-state index contributed by atoms with van der Waals surface area (Å²) in [6, 6.07) is 3.62. The van der Waals surface area contributed by atoms with Crippen LogP contribution < -0.4 is 0 Å². The highest BCUT2D eigenvalue weighted by Crippen LogP contribution is 2.14. The lowest BCUT2D eigenvalue weighted by atomic mass is 10.0. The average molecular weight is 266 g/mol. The highest BCUT2D eigenvalue weighted by molar-refractivity contribution is 5.95. The summed E-state index contributed by atoms with van der Waals surface area (Å²) >= 11 is 0. The molecule has 6 heteroatoms. The molecule has 0 heterocycles. The molecule has 0 bridgehead atoms. The van der Waals surface area contributed by atoms with Crippen LogP contribution in [0.2, 0.25) is 0 Å². The smallest absolute Gasteiger partial charge is 0.336 e. The number of aromatic carboxylic acids is 2. The fraction of sp³-hybridized carbons (Fsp3) is 0.308. The Hall–Kier alpha value is -2.37. The van der Waals surface area contributed by atoms with Gasteiger partial charge in [0.15, 0.2) is 0 Å². The third-order valence-corrected chi connectivity index (χ3v) is 2.39. The van der Waals surface area contributed by atoms with Crippen molar-refractivity contribution >= 4 is 17.9 Å². The second-order valence-corrected chi connectivity index (χ2v) is 3.88. The zero-order chi connectivity index (χ0) is 14.4. The van der Waals surface area contributed by atoms with Crippen LogP contribution in [0.25, 0.3) is 0 Å². The molecule has 0 saturated heterocycles. The number of carboxylic acids is 2. The number of ether oxygens (including phenoxy) is 1. The van der Waals surface area contributed by atoms with E-state index in [1.807, 2.05) is 6.92 Å². The van der Waals surface area contributed by atoms with Crippen molar-refractivity contribution in [3.63, 3.8) is 0 Å². The Kier molecular flexibility index (Phi) is 5.05. The lowest BCUT2D eigenvalue weighted by Crippen LogP contribution is -2.13. The molecule has 1 aromatic carbocycles. The summed E-state index contributed by atoms with van der Waals surface area (Å²) in [6.45, 7) is 2.12. The van der Waals surface area contributed by atoms with Gasteiger partial charge in [-0.3, -0.25) is 4.79 Å². The van der Waals surface area contributed by atoms with E-state index in [9.17, 15) is 14.4 Å². The predicted molar refractivity (Wildman–Crippen MR) is 65.3 cm³/mol. The number of esters is 1. The molecule has 2 N–H and O–H groups in total. The van der Waals surface area contributed by atoms with Crippen LogP contribution in [0.3, 0.4) is 0 Å². The summed E-state index contributed by atoms with van der Waals surface area (Å²) in [7, 11) is 0. The molecule has 6 nitrogen and oxygen atoms in total. The Morgan fingerprint density at radius 2 is 1.84 bits per heavy atom. The Bertz CT molecular complexity index is 506. The summed E-state index contributed by atoms with van der Waals surface area (Å²) in [6.07, 6.45) is 0.483. The van der Waals surface area contributed by atoms with E-state index in [-0.39, 0.29) is 29.7 Å². The SMILES string of the molecule is CCCOC(=O)Cc1ccc(C(=O)O)cc1C(=O)O. The van der Waals surface area contributed by atoms with Gasteiger partial charge in [-0.05, 0) is 24.1 Å². The zero-order valence-corrected chi connectivity index (χ0v) is 10.4. The largest absolute Gasteiger partial charge is 0.478 e. The van der Waals surface area contributed by atoms with E-state index in [0.717, 1.165) is 6.07 Å². The van der Waals surface area contributed by atoms with Gasteiger partial charge in [0.05, 0.1) is 24.2 Å². The number of hydrogen-bond donors (Lipinski definition) is 2. The van der Waals surface area contributed by atoms with E-state index < -0.39 is 17.9 Å². The Balaban J connectivity index is 2.97. The van der Waals surface area contributed by atoms with E-state index >= 15 is 0 Å². The van der Waals surface area contributed by atoms with Gasteiger partial charge in [0.25, 0.3) is 0 Å². The van der Waals surface area contributed by atoms with Crippen molar-refractivity contribution in [1.29, 1.82) is 0 Å². The minimum Gasteiger partial charge on any atom is -0.478 e. The maximum Gasteiger partial charge on any atom is 0.336 e. The summed E-state index contributed by atoms with van der Waals surface area (Å²) in [5, 5.41) is 17.8. The molecular formula is C13H14O6. The minimum atomic E-state index is -1.28. The summed E-state index contributed by atoms with van der Waals surface area (Å²) in [4.78, 5) is 33.2. The van der Waals surface area contributed by atoms with Gasteiger partial charge in [-0.2, -0.15) is 0 Å². The molecule has 0 aliphatic heterocycles. The molecule has 0 amide bonds. The lowest BCUT2D eigenvalue weighted by Gasteiger charge is -2.07. The second-order valence-electron chi connectivity index (χ2n) is 3.88. The molecule has 19 heavy (non-hydrogen) atoms. The highest BCUT2D eigenvalue weighted by atomic mass is 16.5. The van der Waals surface area contributed by atoms with Crippen molar-refractivity contribution < 1.29 is 29.3 Å². The normalized spacial score (nSPS) is 9.95. The van der Waals surface area contributed by atoms with Crippen molar-refractivity contribution in [2.24, 2.45) is 0 Å². The quantitative estimate of drug-likeness (QED) is 0.758. The Labute approximate surface area is 109 Å². The van der Waals surface area contributed by atoms with Gasteiger partial charge in [-0.25, -0.2) is 9.59 Å². The van der Waals surface area contributed by atoms with Gasteiger partial charge >= 0.3 is 17.9 Å². The average Bonchev–Trinajstić information content (AvgIpc) is 2.36. The van der Waals surface area contributed by atoms with E-state index in [1.54, 1.807) is 0 Å². The van der Waals surface area contributed by atoms with Crippen LogP contribution in [-0.2, 0) is 16.0 Å². The molecule has 1 rings (SSSR count). The van der Waals surface area contributed by atoms with Crippen LogP contribution in [-0.4, -0.2) is 34.7 Å². The van der Waals surface area contributed by atoms with Gasteiger partial charge in [-0.1, -0.05) is 13.0 Å². The van der Waals surface area contributed by atoms with Crippen LogP contribution in [0.15, 0.2) is 18.2 Å². The fourth-order valence-corrected chi connectivity index (χ4v) is 1.49. The Morgan fingerprint density at radius 3 is 2.37 bits per heavy atom. The van der Waals surface area contributed by atoms with Crippen molar-refractivity contribution in [3.05, 3.63) is 34.9 Å². The van der Waals surface area contributed by atoms with E-state index in [4.69, 9.17) is 14.9 Å². The lowest BCUT2D eigenvalue weighted by molar-refractivity contribution is -0.142. The molecule has 102 valence electrons. The number of carboxylic acid groups (broad SMARTS) is 2. The molecule has 0 unspecified atom stereocenters. The van der Waals surface area contributed by atoms with Crippen molar-refractivity contribution in [1.82, 2.24) is 0 Å². The van der Waals surface area contributed by atoms with E-state index in [1.165, 1.54) is 12.1 Å². The van der Waals surface area contributed by atoms with Crippen LogP contribution in [0.4, 0.5) is 0 Å². The highest BCUT2D eigenvalue weighted by Gasteiger charge is 2.16. The summed E-state index contributed by atoms with van der Waals surface area (Å²) in [5.41, 5.74) is -0.102. The fourth-order valence-electron chi connectivity index (χ4n) is 1.49. The van der Waals surface area contributed by atoms with Crippen LogP contribution in [0.5, 0.6) is 0 Å². The molecule has 0 atom stereocenters. The number of carbonyl (C=O) groups is 3. The molecule has 0 aromatic heterocycles. The van der Waals surface area contributed by atoms with Crippen molar-refractivity contribution in [3.8, 4) is 0 Å². The topological polar surface area (TPSA) is 101 Å². The first-order valence-corrected chi connectivity index (χ1v) is 5.70. The summed E-state index contributed by atoms with van der Waals surface area (Å²) in [5.74, 6) is -3.03. The van der Waals surface area contributed by atoms with E-state index in [0.29, 0.717) is 6.42 Å². The molecule has 0 aliphatic rings. The third-order valence-electron chi connectivity index (χ3n) is 2.39. The van der Waals surface area contributed by atoms with Gasteiger partial charge < -0.3 is 14.9 Å². The molecule has 0 saturated carbocycles. The van der Waals surface area contributed by atoms with E-state index in [2.05, 4.69) is 0 Å². The standard InChI is InChI=1S/C13H14O6/c1-2-5-19-11(14)7-8-3-4-9(12(15)16)6-10(8)13(17)18/h3-4,6H,2,5,7H2,1H3,(H,15,16)(H,17,18). The second kappa shape index (κ2) is 6.53. The summed E-state index contributed by atoms with van der Waals surface area (Å²) < 4.78 is 4.86. The number of carbonyl (C=O) groups excluding carboxylic acids is 1. The van der Waals surface area contributed by atoms with Gasteiger partial charge in [-0.15, -0.1) is 0 Å². The molecule has 1 aromatic rings. The number of benzene rings is 1. The molecular weight excluding hydrogens is 252 g/mol. The van der Waals surface area contributed by atoms with Gasteiger partial charge in [0.2, 0.25) is 0 Å². The van der Waals surface area contributed by atoms with Gasteiger partial charge in [0.1, 0.15) is 0 Å².